The Hall–Kier alpha value is -2.22. The number of aliphatic hydroxyl groups is 1. The van der Waals surface area contributed by atoms with Gasteiger partial charge in [-0.3, -0.25) is 4.79 Å². The Morgan fingerprint density at radius 2 is 1.74 bits per heavy atom. The van der Waals surface area contributed by atoms with Crippen molar-refractivity contribution in [3.8, 4) is 0 Å². The van der Waals surface area contributed by atoms with Crippen molar-refractivity contribution in [3.05, 3.63) is 59.7 Å². The second-order valence-electron chi connectivity index (χ2n) is 6.74. The van der Waals surface area contributed by atoms with Crippen molar-refractivity contribution in [3.63, 3.8) is 0 Å². The van der Waals surface area contributed by atoms with Crippen LogP contribution in [0, 0.1) is 0 Å². The van der Waals surface area contributed by atoms with Crippen molar-refractivity contribution in [2.75, 3.05) is 18.4 Å². The molecule has 1 atom stereocenters. The van der Waals surface area contributed by atoms with Crippen LogP contribution in [0.15, 0.2) is 53.4 Å². The van der Waals surface area contributed by atoms with Crippen molar-refractivity contribution < 1.29 is 18.3 Å². The minimum atomic E-state index is -3.58. The van der Waals surface area contributed by atoms with E-state index in [0.29, 0.717) is 18.8 Å². The molecular formula is C20H24N2O4S. The summed E-state index contributed by atoms with van der Waals surface area (Å²) in [5, 5.41) is 12.3. The Morgan fingerprint density at radius 1 is 1.07 bits per heavy atom. The van der Waals surface area contributed by atoms with Crippen LogP contribution in [0.4, 0.5) is 5.69 Å². The monoisotopic (exact) mass is 388 g/mol. The summed E-state index contributed by atoms with van der Waals surface area (Å²) in [4.78, 5) is 12.7. The third-order valence-electron chi connectivity index (χ3n) is 4.70. The van der Waals surface area contributed by atoms with Gasteiger partial charge < -0.3 is 10.4 Å². The van der Waals surface area contributed by atoms with Gasteiger partial charge in [-0.1, -0.05) is 24.6 Å². The topological polar surface area (TPSA) is 86.7 Å². The molecule has 0 aromatic heterocycles. The van der Waals surface area contributed by atoms with Gasteiger partial charge in [0.05, 0.1) is 11.0 Å². The van der Waals surface area contributed by atoms with Crippen LogP contribution < -0.4 is 5.32 Å². The lowest BCUT2D eigenvalue weighted by Crippen LogP contribution is -2.35. The third-order valence-corrected chi connectivity index (χ3v) is 6.59. The van der Waals surface area contributed by atoms with Crippen LogP contribution >= 0.6 is 0 Å². The van der Waals surface area contributed by atoms with E-state index < -0.39 is 16.1 Å². The lowest BCUT2D eigenvalue weighted by atomic mass is 10.1. The van der Waals surface area contributed by atoms with Crippen molar-refractivity contribution in [2.24, 2.45) is 0 Å². The number of aliphatic hydroxyl groups excluding tert-OH is 1. The molecule has 3 rings (SSSR count). The number of benzene rings is 2. The largest absolute Gasteiger partial charge is 0.389 e. The minimum absolute atomic E-state index is 0.140. The molecule has 1 aliphatic rings. The first-order valence-corrected chi connectivity index (χ1v) is 10.5. The molecule has 0 bridgehead atoms. The van der Waals surface area contributed by atoms with E-state index in [2.05, 4.69) is 5.32 Å². The van der Waals surface area contributed by atoms with Crippen molar-refractivity contribution >= 4 is 21.6 Å². The molecule has 2 aromatic carbocycles. The van der Waals surface area contributed by atoms with Gasteiger partial charge in [0.2, 0.25) is 10.0 Å². The number of anilines is 1. The Bertz CT molecular complexity index is 902. The fourth-order valence-corrected chi connectivity index (χ4v) is 4.66. The summed E-state index contributed by atoms with van der Waals surface area (Å²) in [5.74, 6) is -0.379. The van der Waals surface area contributed by atoms with Crippen molar-refractivity contribution in [1.82, 2.24) is 4.31 Å². The van der Waals surface area contributed by atoms with E-state index in [4.69, 9.17) is 0 Å². The van der Waals surface area contributed by atoms with Crippen LogP contribution in [0.2, 0.25) is 0 Å². The summed E-state index contributed by atoms with van der Waals surface area (Å²) in [6.45, 7) is 2.71. The number of carbonyl (C=O) groups excluding carboxylic acids is 1. The molecule has 0 saturated carbocycles. The Balaban J connectivity index is 1.77. The molecule has 27 heavy (non-hydrogen) atoms. The second-order valence-corrected chi connectivity index (χ2v) is 8.68. The van der Waals surface area contributed by atoms with Crippen LogP contribution in [0.25, 0.3) is 0 Å². The Labute approximate surface area is 159 Å². The van der Waals surface area contributed by atoms with Gasteiger partial charge in [0.25, 0.3) is 5.91 Å². The van der Waals surface area contributed by atoms with Gasteiger partial charge >= 0.3 is 0 Å². The third kappa shape index (κ3) is 4.55. The van der Waals surface area contributed by atoms with E-state index in [-0.39, 0.29) is 16.4 Å². The quantitative estimate of drug-likeness (QED) is 0.824. The molecule has 1 heterocycles. The number of hydrogen-bond donors (Lipinski definition) is 2. The molecule has 1 amide bonds. The maximum absolute atomic E-state index is 12.8. The van der Waals surface area contributed by atoms with Gasteiger partial charge in [0, 0.05) is 24.3 Å². The summed E-state index contributed by atoms with van der Waals surface area (Å²) in [6.07, 6.45) is 2.19. The number of piperidine rings is 1. The standard InChI is InChI=1S/C20H24N2O4S/c1-15(23)16-8-10-18(11-9-16)21-20(24)17-6-5-7-19(14-17)27(25,26)22-12-3-2-4-13-22/h5-11,14-15,23H,2-4,12-13H2,1H3,(H,21,24). The predicted octanol–water partition coefficient (Wildman–Crippen LogP) is 3.17. The molecule has 0 radical (unpaired) electrons. The average Bonchev–Trinajstić information content (AvgIpc) is 2.69. The molecule has 6 nitrogen and oxygen atoms in total. The molecule has 7 heteroatoms. The molecule has 144 valence electrons. The summed E-state index contributed by atoms with van der Waals surface area (Å²) in [6, 6.07) is 13.0. The summed E-state index contributed by atoms with van der Waals surface area (Å²) in [5.41, 5.74) is 1.61. The Morgan fingerprint density at radius 3 is 2.37 bits per heavy atom. The van der Waals surface area contributed by atoms with E-state index in [1.807, 2.05) is 0 Å². The maximum atomic E-state index is 12.8. The van der Waals surface area contributed by atoms with E-state index in [0.717, 1.165) is 24.8 Å². The predicted molar refractivity (Wildman–Crippen MR) is 104 cm³/mol. The number of sulfonamides is 1. The van der Waals surface area contributed by atoms with E-state index >= 15 is 0 Å². The van der Waals surface area contributed by atoms with Crippen LogP contribution in [-0.2, 0) is 10.0 Å². The SMILES string of the molecule is CC(O)c1ccc(NC(=O)c2cccc(S(=O)(=O)N3CCCCC3)c2)cc1. The van der Waals surface area contributed by atoms with Gasteiger partial charge in [0.1, 0.15) is 0 Å². The number of nitrogens with one attached hydrogen (secondary N) is 1. The van der Waals surface area contributed by atoms with E-state index in [9.17, 15) is 18.3 Å². The van der Waals surface area contributed by atoms with Crippen LogP contribution in [0.5, 0.6) is 0 Å². The molecule has 0 spiro atoms. The summed E-state index contributed by atoms with van der Waals surface area (Å²) < 4.78 is 27.1. The molecule has 1 unspecified atom stereocenters. The van der Waals surface area contributed by atoms with Gasteiger partial charge in [-0.2, -0.15) is 4.31 Å². The maximum Gasteiger partial charge on any atom is 0.255 e. The highest BCUT2D eigenvalue weighted by Gasteiger charge is 2.26. The number of hydrogen-bond acceptors (Lipinski definition) is 4. The summed E-state index contributed by atoms with van der Waals surface area (Å²) in [7, 11) is -3.58. The van der Waals surface area contributed by atoms with E-state index in [1.165, 1.54) is 16.4 Å². The van der Waals surface area contributed by atoms with Gasteiger partial charge in [-0.05, 0) is 55.7 Å². The zero-order valence-electron chi connectivity index (χ0n) is 15.3. The fraction of sp³-hybridized carbons (Fsp3) is 0.350. The zero-order valence-corrected chi connectivity index (χ0v) is 16.1. The van der Waals surface area contributed by atoms with Gasteiger partial charge in [-0.25, -0.2) is 8.42 Å². The average molecular weight is 388 g/mol. The first kappa shape index (κ1) is 19.5. The molecule has 2 N–H and O–H groups in total. The smallest absolute Gasteiger partial charge is 0.255 e. The lowest BCUT2D eigenvalue weighted by Gasteiger charge is -2.26. The highest BCUT2D eigenvalue weighted by molar-refractivity contribution is 7.89. The van der Waals surface area contributed by atoms with Crippen LogP contribution in [0.1, 0.15) is 48.2 Å². The van der Waals surface area contributed by atoms with Gasteiger partial charge in [0.15, 0.2) is 0 Å². The second kappa shape index (κ2) is 8.21. The van der Waals surface area contributed by atoms with Crippen LogP contribution in [-0.4, -0.2) is 36.8 Å². The molecule has 2 aromatic rings. The summed E-state index contributed by atoms with van der Waals surface area (Å²) >= 11 is 0. The van der Waals surface area contributed by atoms with Crippen molar-refractivity contribution in [1.29, 1.82) is 0 Å². The van der Waals surface area contributed by atoms with Crippen molar-refractivity contribution in [2.45, 2.75) is 37.2 Å². The lowest BCUT2D eigenvalue weighted by molar-refractivity contribution is 0.102. The Kier molecular flexibility index (Phi) is 5.94. The minimum Gasteiger partial charge on any atom is -0.389 e. The highest BCUT2D eigenvalue weighted by atomic mass is 32.2. The van der Waals surface area contributed by atoms with Gasteiger partial charge in [-0.15, -0.1) is 0 Å². The number of carbonyl (C=O) groups is 1. The number of rotatable bonds is 5. The molecule has 1 fully saturated rings. The molecule has 0 aliphatic carbocycles. The number of amides is 1. The van der Waals surface area contributed by atoms with Crippen LogP contribution in [0.3, 0.4) is 0 Å². The fourth-order valence-electron chi connectivity index (χ4n) is 3.10. The first-order valence-electron chi connectivity index (χ1n) is 9.07. The van der Waals surface area contributed by atoms with E-state index in [1.54, 1.807) is 43.3 Å². The first-order chi connectivity index (χ1) is 12.9. The zero-order chi connectivity index (χ0) is 19.4. The molecule has 1 saturated heterocycles. The highest BCUT2D eigenvalue weighted by Crippen LogP contribution is 2.22. The molecular weight excluding hydrogens is 364 g/mol. The molecule has 1 aliphatic heterocycles. The number of nitrogens with zero attached hydrogens (tertiary/aromatic N) is 1. The normalized spacial score (nSPS) is 16.7.